The summed E-state index contributed by atoms with van der Waals surface area (Å²) in [6.45, 7) is 4.36. The quantitative estimate of drug-likeness (QED) is 0.218. The molecule has 6 heteroatoms. The van der Waals surface area contributed by atoms with Crippen LogP contribution in [0.15, 0.2) is 0 Å². The molecule has 0 aromatic heterocycles. The van der Waals surface area contributed by atoms with Crippen LogP contribution in [0.1, 0.15) is 117 Å². The predicted octanol–water partition coefficient (Wildman–Crippen LogP) is 2.55. The van der Waals surface area contributed by atoms with Crippen molar-refractivity contribution in [3.8, 4) is 0 Å². The molecular formula is C20H41NaO4S. The maximum atomic E-state index is 11.5. The molecule has 4 nitrogen and oxygen atoms in total. The van der Waals surface area contributed by atoms with E-state index >= 15 is 0 Å². The number of hydrogen-bond acceptors (Lipinski definition) is 4. The number of rotatable bonds is 18. The Bertz CT molecular complexity index is 387. The summed E-state index contributed by atoms with van der Waals surface area (Å²) in [5, 5.41) is 9.06. The summed E-state index contributed by atoms with van der Waals surface area (Å²) in [6, 6.07) is 0. The van der Waals surface area contributed by atoms with Gasteiger partial charge in [0.25, 0.3) is 0 Å². The Kier molecular flexibility index (Phi) is 21.5. The van der Waals surface area contributed by atoms with E-state index in [1.54, 1.807) is 0 Å². The van der Waals surface area contributed by atoms with Gasteiger partial charge in [0, 0.05) is 0 Å². The van der Waals surface area contributed by atoms with Crippen LogP contribution in [-0.2, 0) is 10.1 Å². The molecule has 0 aliphatic rings. The van der Waals surface area contributed by atoms with Gasteiger partial charge in [-0.05, 0) is 12.8 Å². The van der Waals surface area contributed by atoms with E-state index in [1.807, 2.05) is 0 Å². The van der Waals surface area contributed by atoms with Gasteiger partial charge in [0.05, 0.1) is 11.4 Å². The monoisotopic (exact) mass is 400 g/mol. The molecule has 0 aromatic rings. The largest absolute Gasteiger partial charge is 1.00 e. The van der Waals surface area contributed by atoms with Crippen LogP contribution in [0, 0.1) is 0 Å². The maximum Gasteiger partial charge on any atom is 1.00 e. The van der Waals surface area contributed by atoms with Gasteiger partial charge in [-0.25, -0.2) is 8.42 Å². The van der Waals surface area contributed by atoms with Crippen molar-refractivity contribution in [3.63, 3.8) is 0 Å². The molecule has 0 heterocycles. The van der Waals surface area contributed by atoms with Crippen LogP contribution in [-0.4, -0.2) is 29.4 Å². The molecule has 0 saturated carbocycles. The Labute approximate surface area is 185 Å². The van der Waals surface area contributed by atoms with Gasteiger partial charge in [-0.15, -0.1) is 0 Å². The van der Waals surface area contributed by atoms with Crippen LogP contribution in [0.25, 0.3) is 0 Å². The smallest absolute Gasteiger partial charge is 0.748 e. The first-order chi connectivity index (χ1) is 11.9. The summed E-state index contributed by atoms with van der Waals surface area (Å²) in [5.41, 5.74) is 0. The van der Waals surface area contributed by atoms with Crippen molar-refractivity contribution < 1.29 is 47.6 Å². The molecule has 152 valence electrons. The van der Waals surface area contributed by atoms with Gasteiger partial charge in [0.1, 0.15) is 10.1 Å². The van der Waals surface area contributed by atoms with Gasteiger partial charge in [-0.3, -0.25) is 0 Å². The Morgan fingerprint density at radius 2 is 1.04 bits per heavy atom. The van der Waals surface area contributed by atoms with E-state index in [9.17, 15) is 18.1 Å². The molecule has 0 fully saturated rings. The van der Waals surface area contributed by atoms with E-state index in [0.717, 1.165) is 32.1 Å². The van der Waals surface area contributed by atoms with Crippen LogP contribution >= 0.6 is 0 Å². The van der Waals surface area contributed by atoms with E-state index in [4.69, 9.17) is 0 Å². The third-order valence-corrected chi connectivity index (χ3v) is 6.29. The topological polar surface area (TPSA) is 77.4 Å². The van der Waals surface area contributed by atoms with E-state index < -0.39 is 21.5 Å². The Morgan fingerprint density at radius 1 is 0.692 bits per heavy atom. The maximum absolute atomic E-state index is 11.5. The van der Waals surface area contributed by atoms with Gasteiger partial charge < -0.3 is 9.66 Å². The fourth-order valence-electron chi connectivity index (χ4n) is 3.33. The molecule has 26 heavy (non-hydrogen) atoms. The van der Waals surface area contributed by atoms with E-state index in [-0.39, 0.29) is 29.6 Å². The molecule has 0 amide bonds. The molecule has 2 atom stereocenters. The third-order valence-electron chi connectivity index (χ3n) is 5.00. The zero-order valence-corrected chi connectivity index (χ0v) is 20.4. The second-order valence-electron chi connectivity index (χ2n) is 7.42. The van der Waals surface area contributed by atoms with E-state index in [1.165, 1.54) is 51.4 Å². The van der Waals surface area contributed by atoms with Gasteiger partial charge in [0.15, 0.2) is 0 Å². The molecule has 2 unspecified atom stereocenters. The average molecular weight is 401 g/mol. The predicted molar refractivity (Wildman–Crippen MR) is 105 cm³/mol. The minimum Gasteiger partial charge on any atom is -0.748 e. The second kappa shape index (κ2) is 19.2. The fourth-order valence-corrected chi connectivity index (χ4v) is 4.30. The Hall–Kier alpha value is 0.870. The Balaban J connectivity index is 0. The first-order valence-corrected chi connectivity index (χ1v) is 12.0. The van der Waals surface area contributed by atoms with Crippen molar-refractivity contribution in [3.05, 3.63) is 0 Å². The SMILES string of the molecule is CCCCCCCCCC(O)C(CCCCCCCCC)S(=O)(=O)[O-].[Na+]. The minimum atomic E-state index is -4.42. The molecule has 0 spiro atoms. The van der Waals surface area contributed by atoms with Crippen LogP contribution in [0.4, 0.5) is 0 Å². The number of aliphatic hydroxyl groups excluding tert-OH is 1. The van der Waals surface area contributed by atoms with Crippen LogP contribution in [0.5, 0.6) is 0 Å². The van der Waals surface area contributed by atoms with Crippen LogP contribution in [0.3, 0.4) is 0 Å². The molecule has 0 aliphatic heterocycles. The van der Waals surface area contributed by atoms with Crippen molar-refractivity contribution in [2.45, 2.75) is 128 Å². The number of hydrogen-bond donors (Lipinski definition) is 1. The molecule has 0 aromatic carbocycles. The van der Waals surface area contributed by atoms with Crippen molar-refractivity contribution in [2.75, 3.05) is 0 Å². The molecule has 1 N–H and O–H groups in total. The van der Waals surface area contributed by atoms with Crippen LogP contribution in [0.2, 0.25) is 0 Å². The average Bonchev–Trinajstić information content (AvgIpc) is 2.55. The van der Waals surface area contributed by atoms with Crippen LogP contribution < -0.4 is 29.6 Å². The minimum absolute atomic E-state index is 0. The van der Waals surface area contributed by atoms with Gasteiger partial charge in [0.2, 0.25) is 0 Å². The normalized spacial score (nSPS) is 14.0. The summed E-state index contributed by atoms with van der Waals surface area (Å²) >= 11 is 0. The van der Waals surface area contributed by atoms with Gasteiger partial charge in [-0.2, -0.15) is 0 Å². The summed E-state index contributed by atoms with van der Waals surface area (Å²) in [5.74, 6) is 0. The Morgan fingerprint density at radius 3 is 1.42 bits per heavy atom. The third kappa shape index (κ3) is 17.0. The zero-order valence-electron chi connectivity index (χ0n) is 17.5. The fraction of sp³-hybridized carbons (Fsp3) is 1.00. The van der Waals surface area contributed by atoms with E-state index in [2.05, 4.69) is 13.8 Å². The number of unbranched alkanes of at least 4 members (excludes halogenated alkanes) is 12. The molecule has 0 radical (unpaired) electrons. The van der Waals surface area contributed by atoms with Gasteiger partial charge in [-0.1, -0.05) is 104 Å². The summed E-state index contributed by atoms with van der Waals surface area (Å²) in [4.78, 5) is 0. The van der Waals surface area contributed by atoms with Crippen molar-refractivity contribution in [1.29, 1.82) is 0 Å². The summed E-state index contributed by atoms with van der Waals surface area (Å²) < 4.78 is 34.4. The van der Waals surface area contributed by atoms with Crippen molar-refractivity contribution in [1.82, 2.24) is 0 Å². The standard InChI is InChI=1S/C20H42O4S.Na/c1-3-5-7-9-11-13-15-17-19(21)20(25(22,23)24)18-16-14-12-10-8-6-4-2;/h19-21H,3-18H2,1-2H3,(H,22,23,24);/q;+1/p-1. The van der Waals surface area contributed by atoms with E-state index in [0.29, 0.717) is 19.3 Å². The summed E-state index contributed by atoms with van der Waals surface area (Å²) in [6.07, 6.45) is 15.2. The summed E-state index contributed by atoms with van der Waals surface area (Å²) in [7, 11) is -4.42. The number of aliphatic hydroxyl groups is 1. The van der Waals surface area contributed by atoms with Crippen molar-refractivity contribution in [2.24, 2.45) is 0 Å². The van der Waals surface area contributed by atoms with Gasteiger partial charge >= 0.3 is 29.6 Å². The second-order valence-corrected chi connectivity index (χ2v) is 9.01. The van der Waals surface area contributed by atoms with Crippen molar-refractivity contribution >= 4 is 10.1 Å². The molecule has 0 bridgehead atoms. The first kappa shape index (κ1) is 29.1. The molecular weight excluding hydrogens is 359 g/mol. The first-order valence-electron chi connectivity index (χ1n) is 10.6. The molecule has 0 rings (SSSR count). The molecule has 0 saturated heterocycles. The zero-order chi connectivity index (χ0) is 19.0. The molecule has 0 aliphatic carbocycles.